The van der Waals surface area contributed by atoms with Crippen LogP contribution >= 0.6 is 0 Å². The Morgan fingerprint density at radius 2 is 1.76 bits per heavy atom. The molecular formula is C24H36N2O3. The third-order valence-corrected chi connectivity index (χ3v) is 7.47. The Bertz CT molecular complexity index is 655. The molecule has 29 heavy (non-hydrogen) atoms. The third-order valence-electron chi connectivity index (χ3n) is 7.47. The van der Waals surface area contributed by atoms with Gasteiger partial charge in [-0.05, 0) is 70.0 Å². The number of benzene rings is 1. The lowest BCUT2D eigenvalue weighted by atomic mass is 9.74. The lowest BCUT2D eigenvalue weighted by Crippen LogP contribution is -2.44. The molecule has 0 spiro atoms. The minimum Gasteiger partial charge on any atom is -0.391 e. The molecule has 1 aliphatic carbocycles. The maximum atomic E-state index is 12.8. The van der Waals surface area contributed by atoms with E-state index in [1.54, 1.807) is 0 Å². The smallest absolute Gasteiger partial charge is 0.223 e. The summed E-state index contributed by atoms with van der Waals surface area (Å²) in [5, 5.41) is 14.2. The predicted octanol–water partition coefficient (Wildman–Crippen LogP) is 2.87. The van der Waals surface area contributed by atoms with E-state index in [4.69, 9.17) is 4.74 Å². The van der Waals surface area contributed by atoms with Crippen molar-refractivity contribution in [3.05, 3.63) is 35.9 Å². The van der Waals surface area contributed by atoms with Gasteiger partial charge in [-0.1, -0.05) is 30.3 Å². The molecule has 3 aliphatic rings. The summed E-state index contributed by atoms with van der Waals surface area (Å²) in [4.78, 5) is 15.3. The van der Waals surface area contributed by atoms with Crippen LogP contribution < -0.4 is 5.32 Å². The van der Waals surface area contributed by atoms with Crippen LogP contribution in [0.3, 0.4) is 0 Å². The van der Waals surface area contributed by atoms with Crippen LogP contribution in [0.25, 0.3) is 0 Å². The van der Waals surface area contributed by atoms with Gasteiger partial charge in [-0.3, -0.25) is 9.69 Å². The highest BCUT2D eigenvalue weighted by Crippen LogP contribution is 2.40. The average Bonchev–Trinajstić information content (AvgIpc) is 3.25. The van der Waals surface area contributed by atoms with Crippen LogP contribution in [0.2, 0.25) is 0 Å². The highest BCUT2D eigenvalue weighted by Gasteiger charge is 2.40. The van der Waals surface area contributed by atoms with E-state index >= 15 is 0 Å². The van der Waals surface area contributed by atoms with Crippen molar-refractivity contribution in [3.63, 3.8) is 0 Å². The highest BCUT2D eigenvalue weighted by atomic mass is 16.5. The predicted molar refractivity (Wildman–Crippen MR) is 114 cm³/mol. The van der Waals surface area contributed by atoms with E-state index in [9.17, 15) is 9.90 Å². The fourth-order valence-electron chi connectivity index (χ4n) is 5.58. The fraction of sp³-hybridized carbons (Fsp3) is 0.708. The molecule has 3 atom stereocenters. The van der Waals surface area contributed by atoms with Gasteiger partial charge in [-0.15, -0.1) is 0 Å². The molecule has 5 nitrogen and oxygen atoms in total. The molecule has 2 heterocycles. The van der Waals surface area contributed by atoms with Gasteiger partial charge in [0.25, 0.3) is 0 Å². The van der Waals surface area contributed by atoms with Gasteiger partial charge in [0.1, 0.15) is 0 Å². The number of ether oxygens (including phenoxy) is 1. The van der Waals surface area contributed by atoms with Gasteiger partial charge >= 0.3 is 0 Å². The Kier molecular flexibility index (Phi) is 6.88. The number of nitrogens with zero attached hydrogens (tertiary/aromatic N) is 1. The van der Waals surface area contributed by atoms with Gasteiger partial charge < -0.3 is 15.2 Å². The van der Waals surface area contributed by atoms with Crippen molar-refractivity contribution in [3.8, 4) is 0 Å². The average molecular weight is 401 g/mol. The van der Waals surface area contributed by atoms with Crippen molar-refractivity contribution in [2.45, 2.75) is 68.9 Å². The minimum atomic E-state index is -0.273. The topological polar surface area (TPSA) is 61.8 Å². The Labute approximate surface area is 174 Å². The zero-order valence-corrected chi connectivity index (χ0v) is 17.5. The van der Waals surface area contributed by atoms with E-state index in [2.05, 4.69) is 40.5 Å². The molecule has 0 radical (unpaired) electrons. The van der Waals surface area contributed by atoms with Crippen LogP contribution in [-0.2, 0) is 14.9 Å². The van der Waals surface area contributed by atoms with Gasteiger partial charge in [0.05, 0.1) is 6.10 Å². The zero-order valence-electron chi connectivity index (χ0n) is 17.5. The van der Waals surface area contributed by atoms with Crippen LogP contribution in [0, 0.1) is 5.92 Å². The summed E-state index contributed by atoms with van der Waals surface area (Å²) in [5.41, 5.74) is 1.19. The number of aliphatic hydroxyl groups excluding tert-OH is 1. The summed E-state index contributed by atoms with van der Waals surface area (Å²) >= 11 is 0. The van der Waals surface area contributed by atoms with E-state index in [1.165, 1.54) is 18.4 Å². The van der Waals surface area contributed by atoms with Gasteiger partial charge in [0.2, 0.25) is 5.91 Å². The molecular weight excluding hydrogens is 364 g/mol. The summed E-state index contributed by atoms with van der Waals surface area (Å²) < 4.78 is 5.41. The van der Waals surface area contributed by atoms with Gasteiger partial charge in [-0.25, -0.2) is 0 Å². The van der Waals surface area contributed by atoms with E-state index in [1.807, 2.05) is 0 Å². The number of hydrogen-bond acceptors (Lipinski definition) is 4. The molecule has 2 N–H and O–H groups in total. The molecule has 2 aliphatic heterocycles. The molecule has 160 valence electrons. The van der Waals surface area contributed by atoms with Crippen LogP contribution in [0.5, 0.6) is 0 Å². The largest absolute Gasteiger partial charge is 0.391 e. The number of hydrogen-bond donors (Lipinski definition) is 2. The van der Waals surface area contributed by atoms with Gasteiger partial charge in [0.15, 0.2) is 0 Å². The number of aliphatic hydroxyl groups is 1. The second-order valence-electron chi connectivity index (χ2n) is 9.21. The van der Waals surface area contributed by atoms with Crippen LogP contribution in [-0.4, -0.2) is 60.9 Å². The zero-order chi connectivity index (χ0) is 20.1. The number of likely N-dealkylation sites (tertiary alicyclic amines) is 1. The summed E-state index contributed by atoms with van der Waals surface area (Å²) in [6.45, 7) is 4.25. The Balaban J connectivity index is 1.49. The number of rotatable bonds is 5. The summed E-state index contributed by atoms with van der Waals surface area (Å²) in [5.74, 6) is 0.245. The summed E-state index contributed by atoms with van der Waals surface area (Å²) in [7, 11) is 0. The highest BCUT2D eigenvalue weighted by molar-refractivity contribution is 5.78. The molecule has 0 unspecified atom stereocenters. The quantitative estimate of drug-likeness (QED) is 0.746. The lowest BCUT2D eigenvalue weighted by Gasteiger charge is -2.35. The van der Waals surface area contributed by atoms with Gasteiger partial charge in [-0.2, -0.15) is 0 Å². The second-order valence-corrected chi connectivity index (χ2v) is 9.21. The Hall–Kier alpha value is -1.43. The first-order valence-electron chi connectivity index (χ1n) is 11.5. The van der Waals surface area contributed by atoms with E-state index in [0.717, 1.165) is 51.6 Å². The van der Waals surface area contributed by atoms with Crippen LogP contribution in [0.15, 0.2) is 30.3 Å². The first-order valence-corrected chi connectivity index (χ1v) is 11.5. The number of nitrogens with one attached hydrogen (secondary N) is 1. The maximum Gasteiger partial charge on any atom is 0.223 e. The van der Waals surface area contributed by atoms with Crippen LogP contribution in [0.1, 0.15) is 56.9 Å². The fourth-order valence-corrected chi connectivity index (χ4v) is 5.58. The van der Waals surface area contributed by atoms with Crippen molar-refractivity contribution in [2.75, 3.05) is 32.8 Å². The van der Waals surface area contributed by atoms with E-state index in [0.29, 0.717) is 19.8 Å². The molecule has 4 rings (SSSR count). The molecule has 1 aromatic carbocycles. The molecule has 1 saturated carbocycles. The van der Waals surface area contributed by atoms with Crippen LogP contribution in [0.4, 0.5) is 0 Å². The molecule has 2 saturated heterocycles. The van der Waals surface area contributed by atoms with Crippen molar-refractivity contribution in [1.29, 1.82) is 0 Å². The second kappa shape index (κ2) is 9.59. The van der Waals surface area contributed by atoms with Crippen molar-refractivity contribution < 1.29 is 14.6 Å². The number of amides is 1. The minimum absolute atomic E-state index is 0.0743. The first kappa shape index (κ1) is 20.8. The number of carbonyl (C=O) groups is 1. The Morgan fingerprint density at radius 3 is 2.48 bits per heavy atom. The third kappa shape index (κ3) is 4.84. The molecule has 1 amide bonds. The molecule has 3 fully saturated rings. The SMILES string of the molecule is O=C(NC[C@@]1(c2ccccc2)CC[C@H](O)[C@@H](N2CCCC2)CC1)C1CCOCC1. The summed E-state index contributed by atoms with van der Waals surface area (Å²) in [6.07, 6.45) is 7.55. The molecule has 0 aromatic heterocycles. The monoisotopic (exact) mass is 400 g/mol. The maximum absolute atomic E-state index is 12.8. The van der Waals surface area contributed by atoms with Gasteiger partial charge in [0, 0.05) is 37.1 Å². The van der Waals surface area contributed by atoms with E-state index < -0.39 is 0 Å². The van der Waals surface area contributed by atoms with Crippen molar-refractivity contribution in [2.24, 2.45) is 5.92 Å². The molecule has 0 bridgehead atoms. The number of carbonyl (C=O) groups excluding carboxylic acids is 1. The van der Waals surface area contributed by atoms with Crippen molar-refractivity contribution >= 4 is 5.91 Å². The molecule has 5 heteroatoms. The van der Waals surface area contributed by atoms with Crippen molar-refractivity contribution in [1.82, 2.24) is 10.2 Å². The summed E-state index contributed by atoms with van der Waals surface area (Å²) in [6, 6.07) is 10.9. The van der Waals surface area contributed by atoms with E-state index in [-0.39, 0.29) is 29.4 Å². The Morgan fingerprint density at radius 1 is 1.07 bits per heavy atom. The normalized spacial score (nSPS) is 32.0. The standard InChI is InChI=1S/C24H36N2O3/c27-22-9-13-24(20-6-2-1-3-7-20,12-8-21(22)26-14-4-5-15-26)18-25-23(28)19-10-16-29-17-11-19/h1-3,6-7,19,21-22,27H,4-5,8-18H2,(H,25,28)/t21-,22-,24-/m0/s1. The first-order chi connectivity index (χ1) is 14.2. The molecule has 1 aromatic rings. The lowest BCUT2D eigenvalue weighted by molar-refractivity contribution is -0.128.